The van der Waals surface area contributed by atoms with Crippen LogP contribution < -0.4 is 5.73 Å². The van der Waals surface area contributed by atoms with Crippen LogP contribution in [0.5, 0.6) is 0 Å². The second-order valence-corrected chi connectivity index (χ2v) is 4.13. The zero-order chi connectivity index (χ0) is 11.0. The smallest absolute Gasteiger partial charge is 0.0589 e. The summed E-state index contributed by atoms with van der Waals surface area (Å²) in [6, 6.07) is 0. The molecule has 3 nitrogen and oxygen atoms in total. The van der Waals surface area contributed by atoms with Gasteiger partial charge in [0.15, 0.2) is 0 Å². The van der Waals surface area contributed by atoms with Crippen molar-refractivity contribution in [2.75, 3.05) is 39.9 Å². The molecule has 0 saturated carbocycles. The number of nitrogens with zero attached hydrogens (tertiary/aromatic N) is 1. The van der Waals surface area contributed by atoms with Crippen LogP contribution in [-0.4, -0.2) is 44.8 Å². The van der Waals surface area contributed by atoms with Crippen LogP contribution in [0.1, 0.15) is 20.8 Å². The van der Waals surface area contributed by atoms with Gasteiger partial charge in [-0.1, -0.05) is 20.8 Å². The maximum atomic E-state index is 5.75. The molecule has 2 N–H and O–H groups in total. The summed E-state index contributed by atoms with van der Waals surface area (Å²) in [4.78, 5) is 2.40. The third kappa shape index (κ3) is 5.58. The lowest BCUT2D eigenvalue weighted by molar-refractivity contribution is 0.133. The van der Waals surface area contributed by atoms with Gasteiger partial charge < -0.3 is 15.4 Å². The third-order valence-corrected chi connectivity index (χ3v) is 2.80. The summed E-state index contributed by atoms with van der Waals surface area (Å²) in [5, 5.41) is 0. The second kappa shape index (κ2) is 8.21. The summed E-state index contributed by atoms with van der Waals surface area (Å²) in [5.41, 5.74) is 5.75. The summed E-state index contributed by atoms with van der Waals surface area (Å²) >= 11 is 0. The van der Waals surface area contributed by atoms with Crippen molar-refractivity contribution >= 4 is 0 Å². The van der Waals surface area contributed by atoms with E-state index in [2.05, 4.69) is 25.7 Å². The highest BCUT2D eigenvalue weighted by atomic mass is 16.5. The third-order valence-electron chi connectivity index (χ3n) is 2.80. The number of nitrogens with two attached hydrogens (primary N) is 1. The molecule has 0 heterocycles. The number of methoxy groups -OCH3 is 1. The standard InChI is InChI=1S/C11H26N2O/c1-5-13(6-7-14-4)9-11(8-12)10(2)3/h10-11H,5-9,12H2,1-4H3. The SMILES string of the molecule is CCN(CCOC)CC(CN)C(C)C. The van der Waals surface area contributed by atoms with Gasteiger partial charge in [0, 0.05) is 20.2 Å². The molecule has 0 radical (unpaired) electrons. The predicted octanol–water partition coefficient (Wildman–Crippen LogP) is 1.19. The zero-order valence-corrected chi connectivity index (χ0v) is 10.1. The molecule has 0 aliphatic carbocycles. The van der Waals surface area contributed by atoms with E-state index in [0.29, 0.717) is 11.8 Å². The fourth-order valence-corrected chi connectivity index (χ4v) is 1.49. The number of rotatable bonds is 8. The number of hydrogen-bond donors (Lipinski definition) is 1. The van der Waals surface area contributed by atoms with Crippen molar-refractivity contribution in [3.8, 4) is 0 Å². The van der Waals surface area contributed by atoms with Crippen molar-refractivity contribution in [2.24, 2.45) is 17.6 Å². The summed E-state index contributed by atoms with van der Waals surface area (Å²) in [6.45, 7) is 11.4. The highest BCUT2D eigenvalue weighted by Gasteiger charge is 2.14. The van der Waals surface area contributed by atoms with Crippen molar-refractivity contribution in [2.45, 2.75) is 20.8 Å². The Hall–Kier alpha value is -0.120. The Labute approximate surface area is 88.6 Å². The number of ether oxygens (including phenoxy) is 1. The van der Waals surface area contributed by atoms with E-state index < -0.39 is 0 Å². The van der Waals surface area contributed by atoms with Gasteiger partial charge in [-0.15, -0.1) is 0 Å². The van der Waals surface area contributed by atoms with Crippen molar-refractivity contribution in [1.82, 2.24) is 4.90 Å². The maximum absolute atomic E-state index is 5.75. The second-order valence-electron chi connectivity index (χ2n) is 4.13. The van der Waals surface area contributed by atoms with Crippen LogP contribution in [-0.2, 0) is 4.74 Å². The van der Waals surface area contributed by atoms with Gasteiger partial charge in [0.2, 0.25) is 0 Å². The summed E-state index contributed by atoms with van der Waals surface area (Å²) < 4.78 is 5.08. The largest absolute Gasteiger partial charge is 0.383 e. The minimum atomic E-state index is 0.604. The van der Waals surface area contributed by atoms with E-state index in [1.165, 1.54) is 0 Å². The van der Waals surface area contributed by atoms with Crippen molar-refractivity contribution in [3.05, 3.63) is 0 Å². The first kappa shape index (κ1) is 13.9. The Morgan fingerprint density at radius 3 is 2.36 bits per heavy atom. The lowest BCUT2D eigenvalue weighted by Gasteiger charge is -2.27. The topological polar surface area (TPSA) is 38.5 Å². The van der Waals surface area contributed by atoms with E-state index in [-0.39, 0.29) is 0 Å². The van der Waals surface area contributed by atoms with E-state index in [4.69, 9.17) is 10.5 Å². The Morgan fingerprint density at radius 2 is 2.00 bits per heavy atom. The fraction of sp³-hybridized carbons (Fsp3) is 1.00. The molecule has 1 atom stereocenters. The molecule has 0 saturated heterocycles. The Kier molecular flexibility index (Phi) is 8.14. The fourth-order valence-electron chi connectivity index (χ4n) is 1.49. The van der Waals surface area contributed by atoms with Gasteiger partial charge in [0.25, 0.3) is 0 Å². The van der Waals surface area contributed by atoms with Crippen LogP contribution in [0.25, 0.3) is 0 Å². The predicted molar refractivity (Wildman–Crippen MR) is 61.4 cm³/mol. The Bertz CT molecular complexity index is 128. The van der Waals surface area contributed by atoms with Crippen molar-refractivity contribution in [1.29, 1.82) is 0 Å². The average molecular weight is 202 g/mol. The van der Waals surface area contributed by atoms with E-state index in [9.17, 15) is 0 Å². The monoisotopic (exact) mass is 202 g/mol. The molecule has 0 fully saturated rings. The van der Waals surface area contributed by atoms with Gasteiger partial charge in [0.1, 0.15) is 0 Å². The Balaban J connectivity index is 3.87. The zero-order valence-electron chi connectivity index (χ0n) is 10.1. The summed E-state index contributed by atoms with van der Waals surface area (Å²) in [7, 11) is 1.75. The van der Waals surface area contributed by atoms with Crippen LogP contribution in [0.2, 0.25) is 0 Å². The molecule has 0 aliphatic rings. The van der Waals surface area contributed by atoms with Crippen molar-refractivity contribution in [3.63, 3.8) is 0 Å². The first-order valence-corrected chi connectivity index (χ1v) is 5.57. The normalized spacial score (nSPS) is 13.9. The molecule has 0 aliphatic heterocycles. The van der Waals surface area contributed by atoms with Crippen LogP contribution in [0.15, 0.2) is 0 Å². The number of hydrogen-bond acceptors (Lipinski definition) is 3. The van der Waals surface area contributed by atoms with Gasteiger partial charge in [-0.25, -0.2) is 0 Å². The van der Waals surface area contributed by atoms with Crippen LogP contribution in [0.3, 0.4) is 0 Å². The highest BCUT2D eigenvalue weighted by molar-refractivity contribution is 4.69. The Morgan fingerprint density at radius 1 is 1.36 bits per heavy atom. The van der Waals surface area contributed by atoms with Crippen LogP contribution in [0, 0.1) is 11.8 Å². The first-order chi connectivity index (χ1) is 6.65. The van der Waals surface area contributed by atoms with Crippen LogP contribution >= 0.6 is 0 Å². The molecule has 86 valence electrons. The molecule has 1 unspecified atom stereocenters. The molecule has 0 rings (SSSR count). The quantitative estimate of drug-likeness (QED) is 0.642. The lowest BCUT2D eigenvalue weighted by Crippen LogP contribution is -2.37. The van der Waals surface area contributed by atoms with E-state index in [1.54, 1.807) is 7.11 Å². The molecule has 0 aromatic heterocycles. The van der Waals surface area contributed by atoms with E-state index in [0.717, 1.165) is 32.8 Å². The molecular weight excluding hydrogens is 176 g/mol. The maximum Gasteiger partial charge on any atom is 0.0589 e. The van der Waals surface area contributed by atoms with E-state index >= 15 is 0 Å². The number of likely N-dealkylation sites (N-methyl/N-ethyl adjacent to an activating group) is 1. The molecule has 0 aromatic rings. The van der Waals surface area contributed by atoms with Gasteiger partial charge in [0.05, 0.1) is 6.61 Å². The van der Waals surface area contributed by atoms with Gasteiger partial charge in [-0.2, -0.15) is 0 Å². The first-order valence-electron chi connectivity index (χ1n) is 5.57. The highest BCUT2D eigenvalue weighted by Crippen LogP contribution is 2.10. The molecule has 0 spiro atoms. The van der Waals surface area contributed by atoms with Gasteiger partial charge >= 0.3 is 0 Å². The minimum Gasteiger partial charge on any atom is -0.383 e. The summed E-state index contributed by atoms with van der Waals surface area (Å²) in [6.07, 6.45) is 0. The molecular formula is C11H26N2O. The average Bonchev–Trinajstić information content (AvgIpc) is 2.18. The molecule has 14 heavy (non-hydrogen) atoms. The molecule has 0 bridgehead atoms. The minimum absolute atomic E-state index is 0.604. The van der Waals surface area contributed by atoms with Gasteiger partial charge in [-0.05, 0) is 24.9 Å². The van der Waals surface area contributed by atoms with Gasteiger partial charge in [-0.3, -0.25) is 0 Å². The summed E-state index contributed by atoms with van der Waals surface area (Å²) in [5.74, 6) is 1.27. The van der Waals surface area contributed by atoms with Crippen LogP contribution in [0.4, 0.5) is 0 Å². The molecule has 0 aromatic carbocycles. The lowest BCUT2D eigenvalue weighted by atomic mass is 9.95. The molecule has 3 heteroatoms. The molecule has 0 amide bonds. The van der Waals surface area contributed by atoms with Crippen molar-refractivity contribution < 1.29 is 4.74 Å². The van der Waals surface area contributed by atoms with E-state index in [1.807, 2.05) is 0 Å².